The van der Waals surface area contributed by atoms with Crippen molar-refractivity contribution in [1.82, 2.24) is 9.47 Å². The summed E-state index contributed by atoms with van der Waals surface area (Å²) in [5.41, 5.74) is 1.92. The number of anilines is 1. The smallest absolute Gasteiger partial charge is 0.256 e. The third-order valence-corrected chi connectivity index (χ3v) is 5.34. The highest BCUT2D eigenvalue weighted by Crippen LogP contribution is 2.25. The van der Waals surface area contributed by atoms with Crippen molar-refractivity contribution in [3.63, 3.8) is 0 Å². The van der Waals surface area contributed by atoms with Crippen molar-refractivity contribution in [2.75, 3.05) is 38.2 Å². The summed E-state index contributed by atoms with van der Waals surface area (Å²) in [6.07, 6.45) is 1.52. The van der Waals surface area contributed by atoms with Crippen LogP contribution in [0.4, 0.5) is 10.1 Å². The van der Waals surface area contributed by atoms with Gasteiger partial charge >= 0.3 is 0 Å². The van der Waals surface area contributed by atoms with Gasteiger partial charge in [-0.25, -0.2) is 4.39 Å². The van der Waals surface area contributed by atoms with Crippen molar-refractivity contribution < 1.29 is 18.7 Å². The zero-order valence-corrected chi connectivity index (χ0v) is 16.4. The summed E-state index contributed by atoms with van der Waals surface area (Å²) >= 11 is 0. The van der Waals surface area contributed by atoms with Crippen LogP contribution in [0.5, 0.6) is 5.75 Å². The first-order valence-electron chi connectivity index (χ1n) is 9.48. The van der Waals surface area contributed by atoms with E-state index in [9.17, 15) is 14.0 Å². The van der Waals surface area contributed by atoms with Crippen molar-refractivity contribution in [3.05, 3.63) is 60.0 Å². The van der Waals surface area contributed by atoms with Crippen LogP contribution in [0.2, 0.25) is 0 Å². The number of rotatable bonds is 3. The number of hydrogen-bond acceptors (Lipinski definition) is 4. The molecule has 1 aliphatic rings. The molecule has 0 aliphatic carbocycles. The van der Waals surface area contributed by atoms with E-state index in [4.69, 9.17) is 4.74 Å². The average molecular weight is 395 g/mol. The van der Waals surface area contributed by atoms with E-state index in [1.165, 1.54) is 29.8 Å². The number of nitrogens with zero attached hydrogens (tertiary/aromatic N) is 3. The van der Waals surface area contributed by atoms with Crippen LogP contribution in [-0.2, 0) is 0 Å². The van der Waals surface area contributed by atoms with Crippen LogP contribution in [0.1, 0.15) is 22.1 Å². The second kappa shape index (κ2) is 7.58. The summed E-state index contributed by atoms with van der Waals surface area (Å²) in [4.78, 5) is 29.1. The Morgan fingerprint density at radius 2 is 1.69 bits per heavy atom. The molecule has 1 saturated heterocycles. The number of carbonyl (C=O) groups excluding carboxylic acids is 2. The maximum atomic E-state index is 13.7. The van der Waals surface area contributed by atoms with Crippen LogP contribution in [0.15, 0.2) is 48.7 Å². The Labute approximate surface area is 168 Å². The first kappa shape index (κ1) is 19.0. The topological polar surface area (TPSA) is 54.8 Å². The molecule has 150 valence electrons. The van der Waals surface area contributed by atoms with Crippen LogP contribution < -0.4 is 9.64 Å². The molecule has 0 radical (unpaired) electrons. The lowest BCUT2D eigenvalue weighted by Crippen LogP contribution is -2.48. The zero-order chi connectivity index (χ0) is 20.5. The minimum Gasteiger partial charge on any atom is -0.497 e. The van der Waals surface area contributed by atoms with E-state index >= 15 is 0 Å². The van der Waals surface area contributed by atoms with E-state index in [1.54, 1.807) is 18.1 Å². The van der Waals surface area contributed by atoms with Gasteiger partial charge in [0.2, 0.25) is 5.91 Å². The van der Waals surface area contributed by atoms with Gasteiger partial charge in [0, 0.05) is 50.4 Å². The van der Waals surface area contributed by atoms with Gasteiger partial charge < -0.3 is 14.5 Å². The monoisotopic (exact) mass is 395 g/mol. The lowest BCUT2D eigenvalue weighted by atomic mass is 10.1. The summed E-state index contributed by atoms with van der Waals surface area (Å²) in [5, 5.41) is 0.587. The minimum absolute atomic E-state index is 0.143. The summed E-state index contributed by atoms with van der Waals surface area (Å²) < 4.78 is 20.2. The molecule has 1 amide bonds. The predicted octanol–water partition coefficient (Wildman–Crippen LogP) is 3.41. The quantitative estimate of drug-likeness (QED) is 0.682. The van der Waals surface area contributed by atoms with E-state index in [-0.39, 0.29) is 11.8 Å². The van der Waals surface area contributed by atoms with Gasteiger partial charge in [0.1, 0.15) is 11.6 Å². The van der Waals surface area contributed by atoms with Crippen molar-refractivity contribution in [1.29, 1.82) is 0 Å². The van der Waals surface area contributed by atoms with E-state index in [1.807, 2.05) is 24.3 Å². The molecule has 1 fully saturated rings. The van der Waals surface area contributed by atoms with Gasteiger partial charge in [-0.1, -0.05) is 0 Å². The number of aromatic nitrogens is 1. The predicted molar refractivity (Wildman–Crippen MR) is 109 cm³/mol. The average Bonchev–Trinajstić information content (AvgIpc) is 3.12. The molecule has 0 bridgehead atoms. The van der Waals surface area contributed by atoms with Gasteiger partial charge in [-0.05, 0) is 42.5 Å². The van der Waals surface area contributed by atoms with E-state index in [2.05, 4.69) is 4.90 Å². The highest BCUT2D eigenvalue weighted by Gasteiger charge is 2.25. The van der Waals surface area contributed by atoms with Crippen molar-refractivity contribution in [2.45, 2.75) is 6.92 Å². The molecular formula is C22H22FN3O3. The number of amides is 1. The largest absolute Gasteiger partial charge is 0.497 e. The molecular weight excluding hydrogens is 373 g/mol. The number of hydrogen-bond donors (Lipinski definition) is 0. The van der Waals surface area contributed by atoms with E-state index < -0.39 is 5.82 Å². The van der Waals surface area contributed by atoms with Crippen LogP contribution in [0.3, 0.4) is 0 Å². The number of piperazine rings is 1. The van der Waals surface area contributed by atoms with Crippen LogP contribution in [0, 0.1) is 5.82 Å². The number of methoxy groups -OCH3 is 1. The zero-order valence-electron chi connectivity index (χ0n) is 16.4. The minimum atomic E-state index is -0.440. The Morgan fingerprint density at radius 1 is 1.00 bits per heavy atom. The number of fused-ring (bicyclic) bond motifs is 1. The fourth-order valence-corrected chi connectivity index (χ4v) is 3.76. The maximum absolute atomic E-state index is 13.7. The normalized spacial score (nSPS) is 14.3. The summed E-state index contributed by atoms with van der Waals surface area (Å²) in [6.45, 7) is 3.94. The van der Waals surface area contributed by atoms with Crippen LogP contribution in [0.25, 0.3) is 10.9 Å². The maximum Gasteiger partial charge on any atom is 0.256 e. The molecule has 3 aromatic rings. The van der Waals surface area contributed by atoms with Gasteiger partial charge in [-0.3, -0.25) is 14.2 Å². The molecule has 29 heavy (non-hydrogen) atoms. The Balaban J connectivity index is 1.53. The van der Waals surface area contributed by atoms with Crippen LogP contribution >= 0.6 is 0 Å². The second-order valence-electron chi connectivity index (χ2n) is 7.07. The molecule has 2 heterocycles. The van der Waals surface area contributed by atoms with Gasteiger partial charge in [-0.2, -0.15) is 0 Å². The highest BCUT2D eigenvalue weighted by atomic mass is 19.1. The molecule has 0 saturated carbocycles. The first-order chi connectivity index (χ1) is 14.0. The van der Waals surface area contributed by atoms with Gasteiger partial charge in [0.05, 0.1) is 18.2 Å². The van der Waals surface area contributed by atoms with Gasteiger partial charge in [-0.15, -0.1) is 0 Å². The Bertz CT molecular complexity index is 1070. The molecule has 7 heteroatoms. The molecule has 0 unspecified atom stereocenters. The molecule has 6 nitrogen and oxygen atoms in total. The Morgan fingerprint density at radius 3 is 2.31 bits per heavy atom. The number of halogens is 1. The van der Waals surface area contributed by atoms with Gasteiger partial charge in [0.15, 0.2) is 0 Å². The standard InChI is InChI=1S/C22H22FN3O3/c1-15(27)26-14-20(19-8-3-16(23)13-21(19)26)22(28)25-11-9-24(10-12-25)17-4-6-18(29-2)7-5-17/h3-8,13-14H,9-12H2,1-2H3. The van der Waals surface area contributed by atoms with Gasteiger partial charge in [0.25, 0.3) is 5.91 Å². The molecule has 0 N–H and O–H groups in total. The SMILES string of the molecule is COc1ccc(N2CCN(C(=O)c3cn(C(C)=O)c4cc(F)ccc34)CC2)cc1. The highest BCUT2D eigenvalue weighted by molar-refractivity contribution is 6.09. The number of carbonyl (C=O) groups is 2. The summed E-state index contributed by atoms with van der Waals surface area (Å²) in [5.74, 6) is -0.0361. The second-order valence-corrected chi connectivity index (χ2v) is 7.07. The lowest BCUT2D eigenvalue weighted by molar-refractivity contribution is 0.0748. The summed E-state index contributed by atoms with van der Waals surface area (Å²) in [7, 11) is 1.64. The third kappa shape index (κ3) is 3.55. The van der Waals surface area contributed by atoms with E-state index in [0.29, 0.717) is 42.6 Å². The molecule has 1 aliphatic heterocycles. The molecule has 0 spiro atoms. The Kier molecular flexibility index (Phi) is 4.96. The first-order valence-corrected chi connectivity index (χ1v) is 9.48. The lowest BCUT2D eigenvalue weighted by Gasteiger charge is -2.36. The van der Waals surface area contributed by atoms with Crippen LogP contribution in [-0.4, -0.2) is 54.6 Å². The van der Waals surface area contributed by atoms with Crippen molar-refractivity contribution >= 4 is 28.4 Å². The fraction of sp³-hybridized carbons (Fsp3) is 0.273. The molecule has 1 aromatic heterocycles. The summed E-state index contributed by atoms with van der Waals surface area (Å²) in [6, 6.07) is 12.0. The number of benzene rings is 2. The Hall–Kier alpha value is -3.35. The third-order valence-electron chi connectivity index (χ3n) is 5.34. The fourth-order valence-electron chi connectivity index (χ4n) is 3.76. The number of ether oxygens (including phenoxy) is 1. The van der Waals surface area contributed by atoms with E-state index in [0.717, 1.165) is 11.4 Å². The van der Waals surface area contributed by atoms with Crippen molar-refractivity contribution in [3.8, 4) is 5.75 Å². The van der Waals surface area contributed by atoms with Crippen molar-refractivity contribution in [2.24, 2.45) is 0 Å². The molecule has 2 aromatic carbocycles. The molecule has 0 atom stereocenters. The molecule has 4 rings (SSSR count).